The first kappa shape index (κ1) is 33.2. The topological polar surface area (TPSA) is 253 Å². The van der Waals surface area contributed by atoms with E-state index in [1.807, 2.05) is 18.2 Å². The number of fused-ring (bicyclic) bond motifs is 1. The summed E-state index contributed by atoms with van der Waals surface area (Å²) in [7, 11) is 0. The van der Waals surface area contributed by atoms with Crippen molar-refractivity contribution < 1.29 is 39.3 Å². The van der Waals surface area contributed by atoms with Crippen molar-refractivity contribution in [3.63, 3.8) is 0 Å². The molecule has 10 N–H and O–H groups in total. The van der Waals surface area contributed by atoms with Crippen LogP contribution < -0.4 is 21.7 Å². The molecule has 0 aliphatic heterocycles. The lowest BCUT2D eigenvalue weighted by molar-refractivity contribution is -0.143. The number of nitrogens with zero attached hydrogens (tertiary/aromatic N) is 1. The number of carbonyl (C=O) groups excluding carboxylic acids is 3. The third-order valence-electron chi connectivity index (χ3n) is 7.33. The Hall–Kier alpha value is -5.70. The summed E-state index contributed by atoms with van der Waals surface area (Å²) in [6.07, 6.45) is 3.56. The van der Waals surface area contributed by atoms with E-state index in [1.165, 1.54) is 24.7 Å². The highest BCUT2D eigenvalue weighted by Crippen LogP contribution is 2.19. The SMILES string of the molecule is NC(Cc1ccc(O)cc1)C(=O)NC(Cc1cnc[nH]1)C(=O)NC(CCC(=O)O)C(=O)NC(Cc1c[nH]c2ccccc12)C(=O)O. The maximum atomic E-state index is 13.5. The normalized spacial score (nSPS) is 13.7. The second-order valence-corrected chi connectivity index (χ2v) is 10.8. The van der Waals surface area contributed by atoms with Gasteiger partial charge in [-0.2, -0.15) is 0 Å². The highest BCUT2D eigenvalue weighted by molar-refractivity contribution is 5.94. The first-order chi connectivity index (χ1) is 22.0. The molecule has 15 heteroatoms. The molecule has 15 nitrogen and oxygen atoms in total. The number of imidazole rings is 1. The summed E-state index contributed by atoms with van der Waals surface area (Å²) in [5, 5.41) is 36.9. The first-order valence-electron chi connectivity index (χ1n) is 14.4. The summed E-state index contributed by atoms with van der Waals surface area (Å²) >= 11 is 0. The fourth-order valence-electron chi connectivity index (χ4n) is 4.88. The van der Waals surface area contributed by atoms with Gasteiger partial charge in [-0.05, 0) is 42.2 Å². The van der Waals surface area contributed by atoms with E-state index in [-0.39, 0.29) is 31.4 Å². The van der Waals surface area contributed by atoms with Crippen LogP contribution in [0.1, 0.15) is 29.7 Å². The molecule has 0 radical (unpaired) electrons. The number of nitrogens with one attached hydrogen (secondary N) is 5. The second kappa shape index (κ2) is 15.3. The van der Waals surface area contributed by atoms with Gasteiger partial charge in [-0.3, -0.25) is 19.2 Å². The summed E-state index contributed by atoms with van der Waals surface area (Å²) in [5.41, 5.74) is 8.67. The minimum Gasteiger partial charge on any atom is -0.508 e. The summed E-state index contributed by atoms with van der Waals surface area (Å²) in [6.45, 7) is 0. The number of benzene rings is 2. The number of carbonyl (C=O) groups is 5. The average molecular weight is 634 g/mol. The molecule has 4 aromatic rings. The monoisotopic (exact) mass is 633 g/mol. The van der Waals surface area contributed by atoms with Gasteiger partial charge in [0.1, 0.15) is 23.9 Å². The van der Waals surface area contributed by atoms with Gasteiger partial charge in [0.25, 0.3) is 0 Å². The van der Waals surface area contributed by atoms with E-state index in [2.05, 4.69) is 30.9 Å². The molecule has 2 aromatic carbocycles. The number of phenolic OH excluding ortho intramolecular Hbond substituents is 1. The molecule has 4 atom stereocenters. The van der Waals surface area contributed by atoms with E-state index in [1.54, 1.807) is 24.4 Å². The Balaban J connectivity index is 1.48. The van der Waals surface area contributed by atoms with Crippen molar-refractivity contribution in [2.75, 3.05) is 0 Å². The number of hydrogen-bond donors (Lipinski definition) is 9. The zero-order valence-corrected chi connectivity index (χ0v) is 24.6. The van der Waals surface area contributed by atoms with Crippen LogP contribution in [-0.4, -0.2) is 84.1 Å². The third-order valence-corrected chi connectivity index (χ3v) is 7.33. The maximum Gasteiger partial charge on any atom is 0.326 e. The molecule has 2 heterocycles. The predicted octanol–water partition coefficient (Wildman–Crippen LogP) is 0.356. The summed E-state index contributed by atoms with van der Waals surface area (Å²) in [6, 6.07) is 8.18. The van der Waals surface area contributed by atoms with Crippen LogP contribution >= 0.6 is 0 Å². The molecule has 0 saturated carbocycles. The van der Waals surface area contributed by atoms with Crippen LogP contribution in [0.2, 0.25) is 0 Å². The molecule has 46 heavy (non-hydrogen) atoms. The van der Waals surface area contributed by atoms with Crippen LogP contribution in [0.4, 0.5) is 0 Å². The van der Waals surface area contributed by atoms with Crippen molar-refractivity contribution in [2.45, 2.75) is 56.3 Å². The lowest BCUT2D eigenvalue weighted by atomic mass is 10.0. The highest BCUT2D eigenvalue weighted by Gasteiger charge is 2.31. The van der Waals surface area contributed by atoms with Gasteiger partial charge in [0.2, 0.25) is 17.7 Å². The van der Waals surface area contributed by atoms with Crippen molar-refractivity contribution in [3.8, 4) is 5.75 Å². The van der Waals surface area contributed by atoms with E-state index in [0.29, 0.717) is 16.8 Å². The number of phenols is 1. The van der Waals surface area contributed by atoms with E-state index < -0.39 is 60.2 Å². The minimum atomic E-state index is -1.44. The van der Waals surface area contributed by atoms with E-state index >= 15 is 0 Å². The summed E-state index contributed by atoms with van der Waals surface area (Å²) in [4.78, 5) is 73.2. The number of para-hydroxylation sites is 1. The Morgan fingerprint density at radius 2 is 1.48 bits per heavy atom. The smallest absolute Gasteiger partial charge is 0.326 e. The molecular formula is C31H35N7O8. The minimum absolute atomic E-state index is 0.0483. The highest BCUT2D eigenvalue weighted by atomic mass is 16.4. The van der Waals surface area contributed by atoms with Gasteiger partial charge in [0.15, 0.2) is 0 Å². The standard InChI is InChI=1S/C31H35N7O8/c32-22(11-17-5-7-20(39)8-6-17)28(42)37-25(13-19-15-33-16-35-19)30(44)36-24(9-10-27(40)41)29(43)38-26(31(45)46)12-18-14-34-23-4-2-1-3-21(18)23/h1-8,14-16,22,24-26,34,39H,9-13,32H2,(H,33,35)(H,36,44)(H,37,42)(H,38,43)(H,40,41)(H,45,46). The quantitative estimate of drug-likeness (QED) is 0.0818. The molecule has 0 aliphatic carbocycles. The molecule has 0 bridgehead atoms. The van der Waals surface area contributed by atoms with Gasteiger partial charge < -0.3 is 47.0 Å². The van der Waals surface area contributed by atoms with Crippen LogP contribution in [-0.2, 0) is 43.2 Å². The van der Waals surface area contributed by atoms with Crippen molar-refractivity contribution in [1.82, 2.24) is 30.9 Å². The van der Waals surface area contributed by atoms with Gasteiger partial charge in [-0.1, -0.05) is 30.3 Å². The molecule has 4 rings (SSSR count). The largest absolute Gasteiger partial charge is 0.508 e. The predicted molar refractivity (Wildman–Crippen MR) is 164 cm³/mol. The van der Waals surface area contributed by atoms with Crippen molar-refractivity contribution in [2.24, 2.45) is 5.73 Å². The van der Waals surface area contributed by atoms with Gasteiger partial charge >= 0.3 is 11.9 Å². The Bertz CT molecular complexity index is 1670. The van der Waals surface area contributed by atoms with Gasteiger partial charge in [0.05, 0.1) is 12.4 Å². The van der Waals surface area contributed by atoms with E-state index in [0.717, 1.165) is 10.9 Å². The number of rotatable bonds is 16. The summed E-state index contributed by atoms with van der Waals surface area (Å²) < 4.78 is 0. The zero-order valence-electron chi connectivity index (χ0n) is 24.6. The van der Waals surface area contributed by atoms with Gasteiger partial charge in [-0.25, -0.2) is 9.78 Å². The third kappa shape index (κ3) is 9.15. The fraction of sp³-hybridized carbons (Fsp3) is 0.290. The number of hydrogen-bond acceptors (Lipinski definition) is 8. The van der Waals surface area contributed by atoms with E-state index in [4.69, 9.17) is 5.73 Å². The molecule has 0 saturated heterocycles. The number of nitrogens with two attached hydrogens (primary N) is 1. The Kier molecular flexibility index (Phi) is 11.1. The van der Waals surface area contributed by atoms with Gasteiger partial charge in [-0.15, -0.1) is 0 Å². The Morgan fingerprint density at radius 1 is 0.804 bits per heavy atom. The van der Waals surface area contributed by atoms with Crippen LogP contribution in [0.3, 0.4) is 0 Å². The maximum absolute atomic E-state index is 13.5. The molecule has 3 amide bonds. The number of carboxylic acids is 2. The molecule has 4 unspecified atom stereocenters. The fourth-order valence-corrected chi connectivity index (χ4v) is 4.88. The van der Waals surface area contributed by atoms with Crippen LogP contribution in [0.5, 0.6) is 5.75 Å². The first-order valence-corrected chi connectivity index (χ1v) is 14.4. The molecule has 0 aliphatic rings. The zero-order chi connectivity index (χ0) is 33.2. The number of carboxylic acid groups (broad SMARTS) is 2. The van der Waals surface area contributed by atoms with E-state index in [9.17, 15) is 39.3 Å². The molecule has 242 valence electrons. The lowest BCUT2D eigenvalue weighted by Crippen LogP contribution is -2.58. The van der Waals surface area contributed by atoms with Crippen LogP contribution in [0.25, 0.3) is 10.9 Å². The van der Waals surface area contributed by atoms with Crippen LogP contribution in [0.15, 0.2) is 67.3 Å². The molecule has 0 fully saturated rings. The Morgan fingerprint density at radius 3 is 2.15 bits per heavy atom. The van der Waals surface area contributed by atoms with Crippen molar-refractivity contribution >= 4 is 40.6 Å². The average Bonchev–Trinajstić information content (AvgIpc) is 3.69. The number of H-pyrrole nitrogens is 2. The Labute approximate surface area is 262 Å². The van der Waals surface area contributed by atoms with Crippen molar-refractivity contribution in [3.05, 3.63) is 84.1 Å². The lowest BCUT2D eigenvalue weighted by Gasteiger charge is -2.25. The number of aliphatic carboxylic acids is 2. The van der Waals surface area contributed by atoms with Crippen LogP contribution in [0, 0.1) is 0 Å². The molecular weight excluding hydrogens is 598 g/mol. The number of aromatic nitrogens is 3. The van der Waals surface area contributed by atoms with Crippen molar-refractivity contribution in [1.29, 1.82) is 0 Å². The molecule has 0 spiro atoms. The molecule has 2 aromatic heterocycles. The van der Waals surface area contributed by atoms with Gasteiger partial charge in [0, 0.05) is 48.3 Å². The number of aromatic hydroxyl groups is 1. The second-order valence-electron chi connectivity index (χ2n) is 10.8. The summed E-state index contributed by atoms with van der Waals surface area (Å²) in [5.74, 6) is -4.92. The number of aromatic amines is 2. The number of amides is 3.